The third kappa shape index (κ3) is 5.04. The van der Waals surface area contributed by atoms with Crippen molar-refractivity contribution in [3.8, 4) is 17.2 Å². The average molecular weight is 377 g/mol. The van der Waals surface area contributed by atoms with Crippen LogP contribution < -0.4 is 19.8 Å². The molecule has 3 aromatic carbocycles. The monoisotopic (exact) mass is 377 g/mol. The van der Waals surface area contributed by atoms with Gasteiger partial charge in [0.1, 0.15) is 11.5 Å². The number of aryl methyl sites for hydroxylation is 2. The van der Waals surface area contributed by atoms with E-state index in [0.717, 1.165) is 29.9 Å². The third-order valence-electron chi connectivity index (χ3n) is 4.40. The van der Waals surface area contributed by atoms with Gasteiger partial charge in [0.25, 0.3) is 5.91 Å². The molecule has 0 saturated carbocycles. The molecule has 0 bridgehead atoms. The number of nitrogens with one attached hydrogen (secondary N) is 1. The number of methoxy groups -OCH3 is 2. The maximum atomic E-state index is 12.0. The highest BCUT2D eigenvalue weighted by Gasteiger charge is 2.07. The van der Waals surface area contributed by atoms with Gasteiger partial charge in [-0.3, -0.25) is 4.79 Å². The molecule has 0 heterocycles. The number of hydrogen-bond acceptors (Lipinski definition) is 4. The molecule has 0 unspecified atom stereocenters. The fraction of sp³-hybridized carbons (Fsp3) is 0.174. The largest absolute Gasteiger partial charge is 0.497 e. The Kier molecular flexibility index (Phi) is 6.52. The molecule has 0 fully saturated rings. The summed E-state index contributed by atoms with van der Waals surface area (Å²) in [6.45, 7) is 0. The normalized spacial score (nSPS) is 10.2. The van der Waals surface area contributed by atoms with Gasteiger partial charge >= 0.3 is 0 Å². The van der Waals surface area contributed by atoms with Crippen molar-refractivity contribution in [1.29, 1.82) is 0 Å². The van der Waals surface area contributed by atoms with Crippen molar-refractivity contribution in [2.75, 3.05) is 14.2 Å². The summed E-state index contributed by atoms with van der Waals surface area (Å²) in [6.07, 6.45) is 1.71. The van der Waals surface area contributed by atoms with Crippen LogP contribution in [0.1, 0.15) is 21.5 Å². The van der Waals surface area contributed by atoms with E-state index in [-0.39, 0.29) is 5.91 Å². The molecule has 3 rings (SSSR count). The van der Waals surface area contributed by atoms with Crippen LogP contribution in [0.2, 0.25) is 0 Å². The summed E-state index contributed by atoms with van der Waals surface area (Å²) < 4.78 is 10.7. The number of hydroxylamine groups is 1. The van der Waals surface area contributed by atoms with E-state index in [0.29, 0.717) is 11.3 Å². The van der Waals surface area contributed by atoms with Gasteiger partial charge in [-0.1, -0.05) is 36.4 Å². The highest BCUT2D eigenvalue weighted by molar-refractivity contribution is 5.93. The van der Waals surface area contributed by atoms with Gasteiger partial charge in [0.05, 0.1) is 14.2 Å². The van der Waals surface area contributed by atoms with Crippen molar-refractivity contribution >= 4 is 5.91 Å². The van der Waals surface area contributed by atoms with Crippen LogP contribution in [0.15, 0.2) is 72.8 Å². The molecular formula is C23H23NO4. The number of ether oxygens (including phenoxy) is 2. The van der Waals surface area contributed by atoms with E-state index in [1.54, 1.807) is 26.4 Å². The second-order valence-electron chi connectivity index (χ2n) is 6.22. The predicted molar refractivity (Wildman–Crippen MR) is 108 cm³/mol. The number of hydrogen-bond donors (Lipinski definition) is 1. The van der Waals surface area contributed by atoms with Gasteiger partial charge in [-0.25, -0.2) is 0 Å². The number of carbonyl (C=O) groups is 1. The Balaban J connectivity index is 1.54. The molecule has 0 atom stereocenters. The molecule has 144 valence electrons. The van der Waals surface area contributed by atoms with E-state index in [9.17, 15) is 4.79 Å². The molecule has 1 N–H and O–H groups in total. The van der Waals surface area contributed by atoms with Crippen LogP contribution in [0, 0.1) is 0 Å². The third-order valence-corrected chi connectivity index (χ3v) is 4.40. The molecular weight excluding hydrogens is 354 g/mol. The number of benzene rings is 3. The molecule has 1 amide bonds. The smallest absolute Gasteiger partial charge is 0.283 e. The Labute approximate surface area is 164 Å². The second-order valence-corrected chi connectivity index (χ2v) is 6.22. The lowest BCUT2D eigenvalue weighted by molar-refractivity contribution is 0.0760. The SMILES string of the molecule is COc1ccc(CCc2ccc(ONC(=O)c3ccccc3)cc2)c(OC)c1. The first-order valence-corrected chi connectivity index (χ1v) is 9.01. The zero-order chi connectivity index (χ0) is 19.8. The van der Waals surface area contributed by atoms with Crippen LogP contribution in [0.25, 0.3) is 0 Å². The molecule has 0 aromatic heterocycles. The van der Waals surface area contributed by atoms with Gasteiger partial charge in [-0.05, 0) is 54.3 Å². The van der Waals surface area contributed by atoms with Crippen LogP contribution in [-0.2, 0) is 12.8 Å². The minimum absolute atomic E-state index is 0.281. The fourth-order valence-corrected chi connectivity index (χ4v) is 2.82. The first-order chi connectivity index (χ1) is 13.7. The lowest BCUT2D eigenvalue weighted by Crippen LogP contribution is -2.26. The molecule has 0 spiro atoms. The van der Waals surface area contributed by atoms with Crippen LogP contribution in [-0.4, -0.2) is 20.1 Å². The molecule has 0 radical (unpaired) electrons. The Bertz CT molecular complexity index is 908. The predicted octanol–water partition coefficient (Wildman–Crippen LogP) is 4.21. The summed E-state index contributed by atoms with van der Waals surface area (Å²) >= 11 is 0. The van der Waals surface area contributed by atoms with Gasteiger partial charge in [-0.15, -0.1) is 0 Å². The Hall–Kier alpha value is -3.47. The van der Waals surface area contributed by atoms with Crippen LogP contribution >= 0.6 is 0 Å². The maximum Gasteiger partial charge on any atom is 0.283 e. The topological polar surface area (TPSA) is 56.8 Å². The van der Waals surface area contributed by atoms with Crippen molar-refractivity contribution in [2.24, 2.45) is 0 Å². The van der Waals surface area contributed by atoms with E-state index in [1.165, 1.54) is 5.56 Å². The highest BCUT2D eigenvalue weighted by Crippen LogP contribution is 2.26. The quantitative estimate of drug-likeness (QED) is 0.598. The van der Waals surface area contributed by atoms with Gasteiger partial charge < -0.3 is 14.3 Å². The Morgan fingerprint density at radius 2 is 1.54 bits per heavy atom. The molecule has 28 heavy (non-hydrogen) atoms. The minimum atomic E-state index is -0.281. The van der Waals surface area contributed by atoms with Crippen LogP contribution in [0.3, 0.4) is 0 Å². The van der Waals surface area contributed by atoms with Crippen molar-refractivity contribution in [1.82, 2.24) is 5.48 Å². The summed E-state index contributed by atoms with van der Waals surface area (Å²) in [5, 5.41) is 0. The van der Waals surface area contributed by atoms with E-state index >= 15 is 0 Å². The molecule has 0 aliphatic carbocycles. The first-order valence-electron chi connectivity index (χ1n) is 9.01. The average Bonchev–Trinajstić information content (AvgIpc) is 2.77. The summed E-state index contributed by atoms with van der Waals surface area (Å²) in [7, 11) is 3.30. The standard InChI is InChI=1S/C23H23NO4/c1-26-21-15-12-18(22(16-21)27-2)11-8-17-9-13-20(14-10-17)28-24-23(25)19-6-4-3-5-7-19/h3-7,9-10,12-16H,8,11H2,1-2H3,(H,24,25). The summed E-state index contributed by atoms with van der Waals surface area (Å²) in [6, 6.07) is 22.4. The van der Waals surface area contributed by atoms with Crippen LogP contribution in [0.4, 0.5) is 0 Å². The molecule has 0 saturated heterocycles. The lowest BCUT2D eigenvalue weighted by Gasteiger charge is -2.11. The molecule has 0 aliphatic heterocycles. The van der Waals surface area contributed by atoms with Crippen molar-refractivity contribution < 1.29 is 19.1 Å². The van der Waals surface area contributed by atoms with Crippen molar-refractivity contribution in [2.45, 2.75) is 12.8 Å². The van der Waals surface area contributed by atoms with Crippen molar-refractivity contribution in [3.63, 3.8) is 0 Å². The first kappa shape index (κ1) is 19.3. The van der Waals surface area contributed by atoms with Gasteiger partial charge in [0, 0.05) is 11.6 Å². The fourth-order valence-electron chi connectivity index (χ4n) is 2.82. The maximum absolute atomic E-state index is 12.0. The zero-order valence-corrected chi connectivity index (χ0v) is 16.0. The van der Waals surface area contributed by atoms with Gasteiger partial charge in [0.15, 0.2) is 5.75 Å². The van der Waals surface area contributed by atoms with Crippen LogP contribution in [0.5, 0.6) is 17.2 Å². The number of rotatable bonds is 8. The summed E-state index contributed by atoms with van der Waals surface area (Å²) in [4.78, 5) is 17.4. The zero-order valence-electron chi connectivity index (χ0n) is 16.0. The molecule has 0 aliphatic rings. The Morgan fingerprint density at radius 3 is 2.21 bits per heavy atom. The molecule has 3 aromatic rings. The van der Waals surface area contributed by atoms with Gasteiger partial charge in [-0.2, -0.15) is 5.48 Å². The minimum Gasteiger partial charge on any atom is -0.497 e. The van der Waals surface area contributed by atoms with E-state index in [4.69, 9.17) is 14.3 Å². The van der Waals surface area contributed by atoms with E-state index in [1.807, 2.05) is 60.7 Å². The highest BCUT2D eigenvalue weighted by atomic mass is 16.7. The van der Waals surface area contributed by atoms with E-state index in [2.05, 4.69) is 5.48 Å². The number of amides is 1. The number of carbonyl (C=O) groups excluding carboxylic acids is 1. The Morgan fingerprint density at radius 1 is 0.821 bits per heavy atom. The van der Waals surface area contributed by atoms with Crippen molar-refractivity contribution in [3.05, 3.63) is 89.5 Å². The molecule has 5 nitrogen and oxygen atoms in total. The van der Waals surface area contributed by atoms with Gasteiger partial charge in [0.2, 0.25) is 0 Å². The molecule has 5 heteroatoms. The lowest BCUT2D eigenvalue weighted by atomic mass is 10.0. The second kappa shape index (κ2) is 9.46. The summed E-state index contributed by atoms with van der Waals surface area (Å²) in [5.41, 5.74) is 5.29. The van der Waals surface area contributed by atoms with E-state index < -0.39 is 0 Å². The summed E-state index contributed by atoms with van der Waals surface area (Å²) in [5.74, 6) is 1.90.